The zero-order valence-electron chi connectivity index (χ0n) is 13.7. The van der Waals surface area contributed by atoms with Gasteiger partial charge in [0.15, 0.2) is 11.5 Å². The lowest BCUT2D eigenvalue weighted by molar-refractivity contribution is -0.114. The molecule has 2 aromatic rings. The van der Waals surface area contributed by atoms with Crippen LogP contribution in [0.1, 0.15) is 12.0 Å². The summed E-state index contributed by atoms with van der Waals surface area (Å²) in [4.78, 5) is 12.2. The zero-order chi connectivity index (χ0) is 17.8. The third-order valence-corrected chi connectivity index (χ3v) is 4.55. The van der Waals surface area contributed by atoms with Crippen molar-refractivity contribution in [1.82, 2.24) is 0 Å². The highest BCUT2D eigenvalue weighted by Gasteiger charge is 2.15. The first-order valence-electron chi connectivity index (χ1n) is 7.92. The first-order valence-corrected chi connectivity index (χ1v) is 9.09. The van der Waals surface area contributed by atoms with Gasteiger partial charge in [-0.15, -0.1) is 0 Å². The average Bonchev–Trinajstić information content (AvgIpc) is 2.80. The number of aryl methyl sites for hydroxylation is 1. The molecule has 2 aromatic carbocycles. The molecule has 0 bridgehead atoms. The number of amides is 1. The van der Waals surface area contributed by atoms with Gasteiger partial charge in [0.2, 0.25) is 5.91 Å². The van der Waals surface area contributed by atoms with Crippen LogP contribution in [0.25, 0.3) is 0 Å². The predicted octanol–water partition coefficient (Wildman–Crippen LogP) is 4.62. The van der Waals surface area contributed by atoms with Gasteiger partial charge in [0.05, 0.1) is 30.5 Å². The number of nitrogens with one attached hydrogen (secondary N) is 2. The number of carbonyl (C=O) groups is 1. The molecule has 0 fully saturated rings. The number of halogens is 2. The molecule has 0 unspecified atom stereocenters. The highest BCUT2D eigenvalue weighted by atomic mass is 79.9. The van der Waals surface area contributed by atoms with Crippen LogP contribution < -0.4 is 20.1 Å². The van der Waals surface area contributed by atoms with Crippen molar-refractivity contribution >= 4 is 44.8 Å². The van der Waals surface area contributed by atoms with Crippen LogP contribution in [0.15, 0.2) is 34.8 Å². The molecule has 0 saturated carbocycles. The standard InChI is InChI=1S/C18H18BrClN2O3/c1-11-7-12(19)3-4-14(11)22-18(23)10-21-15-9-17-16(8-13(15)20)24-5-2-6-25-17/h3-4,7-9,21H,2,5-6,10H2,1H3,(H,22,23). The Balaban J connectivity index is 1.64. The normalized spacial score (nSPS) is 13.1. The number of benzene rings is 2. The van der Waals surface area contributed by atoms with Crippen molar-refractivity contribution in [2.24, 2.45) is 0 Å². The highest BCUT2D eigenvalue weighted by Crippen LogP contribution is 2.37. The minimum Gasteiger partial charge on any atom is -0.490 e. The van der Waals surface area contributed by atoms with Gasteiger partial charge < -0.3 is 20.1 Å². The topological polar surface area (TPSA) is 59.6 Å². The molecule has 0 radical (unpaired) electrons. The molecule has 2 N–H and O–H groups in total. The second-order valence-electron chi connectivity index (χ2n) is 5.69. The largest absolute Gasteiger partial charge is 0.490 e. The minimum atomic E-state index is -0.159. The third-order valence-electron chi connectivity index (χ3n) is 3.74. The van der Waals surface area contributed by atoms with Gasteiger partial charge in [0, 0.05) is 28.7 Å². The number of fused-ring (bicyclic) bond motifs is 1. The molecule has 0 spiro atoms. The Morgan fingerprint density at radius 1 is 1.16 bits per heavy atom. The molecule has 3 rings (SSSR count). The van der Waals surface area contributed by atoms with Crippen molar-refractivity contribution in [2.45, 2.75) is 13.3 Å². The number of ether oxygens (including phenoxy) is 2. The molecule has 0 aliphatic carbocycles. The van der Waals surface area contributed by atoms with Crippen LogP contribution in [0.3, 0.4) is 0 Å². The fourth-order valence-corrected chi connectivity index (χ4v) is 3.15. The van der Waals surface area contributed by atoms with Crippen LogP contribution in [0.2, 0.25) is 5.02 Å². The average molecular weight is 426 g/mol. The van der Waals surface area contributed by atoms with Gasteiger partial charge in [0.25, 0.3) is 0 Å². The summed E-state index contributed by atoms with van der Waals surface area (Å²) in [6.45, 7) is 3.23. The number of hydrogen-bond acceptors (Lipinski definition) is 4. The third kappa shape index (κ3) is 4.58. The van der Waals surface area contributed by atoms with Crippen molar-refractivity contribution in [3.8, 4) is 11.5 Å². The molecule has 0 saturated heterocycles. The van der Waals surface area contributed by atoms with Crippen LogP contribution >= 0.6 is 27.5 Å². The van der Waals surface area contributed by atoms with Gasteiger partial charge in [-0.05, 0) is 30.7 Å². The summed E-state index contributed by atoms with van der Waals surface area (Å²) in [7, 11) is 0. The van der Waals surface area contributed by atoms with E-state index in [1.54, 1.807) is 12.1 Å². The molecule has 7 heteroatoms. The van der Waals surface area contributed by atoms with Gasteiger partial charge in [-0.25, -0.2) is 0 Å². The maximum absolute atomic E-state index is 12.2. The first kappa shape index (κ1) is 17.9. The molecular weight excluding hydrogens is 408 g/mol. The molecule has 5 nitrogen and oxygen atoms in total. The van der Waals surface area contributed by atoms with E-state index in [1.807, 2.05) is 25.1 Å². The van der Waals surface area contributed by atoms with Crippen LogP contribution in [-0.4, -0.2) is 25.7 Å². The molecule has 132 valence electrons. The van der Waals surface area contributed by atoms with Gasteiger partial charge in [0.1, 0.15) is 0 Å². The Morgan fingerprint density at radius 2 is 1.88 bits per heavy atom. The van der Waals surface area contributed by atoms with Crippen molar-refractivity contribution in [3.05, 3.63) is 45.4 Å². The quantitative estimate of drug-likeness (QED) is 0.750. The molecule has 1 amide bonds. The molecule has 25 heavy (non-hydrogen) atoms. The van der Waals surface area contributed by atoms with Crippen LogP contribution in [0.5, 0.6) is 11.5 Å². The summed E-state index contributed by atoms with van der Waals surface area (Å²) in [5.41, 5.74) is 2.39. The van der Waals surface area contributed by atoms with Gasteiger partial charge in [-0.1, -0.05) is 27.5 Å². The fraction of sp³-hybridized carbons (Fsp3) is 0.278. The second-order valence-corrected chi connectivity index (χ2v) is 7.01. The van der Waals surface area contributed by atoms with E-state index >= 15 is 0 Å². The summed E-state index contributed by atoms with van der Waals surface area (Å²) in [6.07, 6.45) is 0.823. The van der Waals surface area contributed by atoms with Crippen molar-refractivity contribution in [3.63, 3.8) is 0 Å². The number of anilines is 2. The lowest BCUT2D eigenvalue weighted by Gasteiger charge is -2.14. The maximum Gasteiger partial charge on any atom is 0.243 e. The monoisotopic (exact) mass is 424 g/mol. The Morgan fingerprint density at radius 3 is 2.60 bits per heavy atom. The summed E-state index contributed by atoms with van der Waals surface area (Å²) in [6, 6.07) is 9.17. The van der Waals surface area contributed by atoms with Gasteiger partial charge >= 0.3 is 0 Å². The smallest absolute Gasteiger partial charge is 0.243 e. The summed E-state index contributed by atoms with van der Waals surface area (Å²) >= 11 is 9.67. The summed E-state index contributed by atoms with van der Waals surface area (Å²) in [5.74, 6) is 1.10. The lowest BCUT2D eigenvalue weighted by atomic mass is 10.2. The van der Waals surface area contributed by atoms with Crippen LogP contribution in [0, 0.1) is 6.92 Å². The SMILES string of the molecule is Cc1cc(Br)ccc1NC(=O)CNc1cc2c(cc1Cl)OCCCO2. The minimum absolute atomic E-state index is 0.0921. The summed E-state index contributed by atoms with van der Waals surface area (Å²) in [5, 5.41) is 6.41. The number of rotatable bonds is 4. The van der Waals surface area contributed by atoms with E-state index < -0.39 is 0 Å². The lowest BCUT2D eigenvalue weighted by Crippen LogP contribution is -2.22. The molecule has 1 heterocycles. The molecular formula is C18H18BrClN2O3. The van der Waals surface area contributed by atoms with Crippen molar-refractivity contribution in [1.29, 1.82) is 0 Å². The molecule has 0 atom stereocenters. The van der Waals surface area contributed by atoms with E-state index in [9.17, 15) is 4.79 Å². The van der Waals surface area contributed by atoms with Crippen molar-refractivity contribution < 1.29 is 14.3 Å². The van der Waals surface area contributed by atoms with Crippen LogP contribution in [-0.2, 0) is 4.79 Å². The van der Waals surface area contributed by atoms with E-state index in [4.69, 9.17) is 21.1 Å². The van der Waals surface area contributed by atoms with E-state index in [2.05, 4.69) is 26.6 Å². The highest BCUT2D eigenvalue weighted by molar-refractivity contribution is 9.10. The first-order chi connectivity index (χ1) is 12.0. The Hall–Kier alpha value is -1.92. The zero-order valence-corrected chi connectivity index (χ0v) is 16.0. The maximum atomic E-state index is 12.2. The molecule has 0 aromatic heterocycles. The Labute approximate surface area is 159 Å². The fourth-order valence-electron chi connectivity index (χ4n) is 2.46. The second kappa shape index (κ2) is 7.97. The predicted molar refractivity (Wildman–Crippen MR) is 103 cm³/mol. The van der Waals surface area contributed by atoms with E-state index in [1.165, 1.54) is 0 Å². The van der Waals surface area contributed by atoms with Crippen molar-refractivity contribution in [2.75, 3.05) is 30.4 Å². The van der Waals surface area contributed by atoms with Gasteiger partial charge in [-0.2, -0.15) is 0 Å². The summed E-state index contributed by atoms with van der Waals surface area (Å²) < 4.78 is 12.2. The van der Waals surface area contributed by atoms with E-state index in [0.717, 1.165) is 22.1 Å². The molecule has 1 aliphatic heterocycles. The molecule has 1 aliphatic rings. The van der Waals surface area contributed by atoms with E-state index in [0.29, 0.717) is 35.4 Å². The number of carbonyl (C=O) groups excluding carboxylic acids is 1. The van der Waals surface area contributed by atoms with E-state index in [-0.39, 0.29) is 12.5 Å². The van der Waals surface area contributed by atoms with Crippen LogP contribution in [0.4, 0.5) is 11.4 Å². The Kier molecular flexibility index (Phi) is 5.71. The Bertz CT molecular complexity index is 798. The number of hydrogen-bond donors (Lipinski definition) is 2. The van der Waals surface area contributed by atoms with Gasteiger partial charge in [-0.3, -0.25) is 4.79 Å².